The first kappa shape index (κ1) is 21.8. The van der Waals surface area contributed by atoms with E-state index < -0.39 is 6.03 Å². The fourth-order valence-corrected chi connectivity index (χ4v) is 2.79. The third-order valence-corrected chi connectivity index (χ3v) is 4.38. The highest BCUT2D eigenvalue weighted by Crippen LogP contribution is 2.29. The van der Waals surface area contributed by atoms with Crippen LogP contribution in [0.25, 0.3) is 0 Å². The molecule has 0 aliphatic rings. The molecular weight excluding hydrogens is 397 g/mol. The predicted octanol–water partition coefficient (Wildman–Crippen LogP) is 5.27. The number of amides is 2. The van der Waals surface area contributed by atoms with Crippen LogP contribution in [0.5, 0.6) is 11.5 Å². The van der Waals surface area contributed by atoms with Crippen LogP contribution >= 0.6 is 0 Å². The number of hydrogen-bond donors (Lipinski definition) is 2. The molecule has 0 aromatic heterocycles. The van der Waals surface area contributed by atoms with Crippen molar-refractivity contribution in [2.75, 3.05) is 11.9 Å². The maximum atomic E-state index is 13.8. The topological polar surface area (TPSA) is 72.0 Å². The third-order valence-electron chi connectivity index (χ3n) is 4.38. The van der Waals surface area contributed by atoms with Crippen molar-refractivity contribution in [3.63, 3.8) is 0 Å². The van der Waals surface area contributed by atoms with Crippen LogP contribution in [0.3, 0.4) is 0 Å². The maximum Gasteiger partial charge on any atom is 0.339 e. The number of anilines is 1. The molecule has 0 saturated heterocycles. The van der Waals surface area contributed by atoms with Crippen LogP contribution in [0, 0.1) is 12.7 Å². The average molecular weight is 421 g/mol. The smallest absolute Gasteiger partial charge is 0.339 e. The maximum absolute atomic E-state index is 13.8. The van der Waals surface area contributed by atoms with E-state index in [1.54, 1.807) is 36.4 Å². The molecule has 0 fully saturated rings. The molecule has 31 heavy (non-hydrogen) atoms. The quantitative estimate of drug-likeness (QED) is 0.385. The van der Waals surface area contributed by atoms with Crippen LogP contribution in [-0.2, 0) is 6.61 Å². The first-order valence-electron chi connectivity index (χ1n) is 9.85. The Kier molecular flexibility index (Phi) is 7.59. The number of hydrogen-bond acceptors (Lipinski definition) is 4. The fraction of sp³-hybridized carbons (Fsp3) is 0.167. The van der Waals surface area contributed by atoms with Gasteiger partial charge in [0, 0.05) is 11.3 Å². The van der Waals surface area contributed by atoms with Gasteiger partial charge in [0.25, 0.3) is 0 Å². The Labute approximate surface area is 180 Å². The molecule has 2 N–H and O–H groups in total. The number of rotatable bonds is 8. The third kappa shape index (κ3) is 6.30. The van der Waals surface area contributed by atoms with Gasteiger partial charge in [0.15, 0.2) is 11.5 Å². The van der Waals surface area contributed by atoms with Crippen LogP contribution in [0.1, 0.15) is 23.6 Å². The number of benzene rings is 3. The molecule has 0 radical (unpaired) electrons. The zero-order valence-electron chi connectivity index (χ0n) is 17.4. The van der Waals surface area contributed by atoms with Gasteiger partial charge >= 0.3 is 6.03 Å². The molecule has 7 heteroatoms. The highest BCUT2D eigenvalue weighted by Gasteiger charge is 2.08. The summed E-state index contributed by atoms with van der Waals surface area (Å²) in [6.45, 7) is 4.29. The highest BCUT2D eigenvalue weighted by molar-refractivity contribution is 5.91. The Bertz CT molecular complexity index is 1070. The Morgan fingerprint density at radius 2 is 1.81 bits per heavy atom. The van der Waals surface area contributed by atoms with Gasteiger partial charge in [-0.3, -0.25) is 0 Å². The lowest BCUT2D eigenvalue weighted by Crippen LogP contribution is -2.24. The number of halogens is 1. The van der Waals surface area contributed by atoms with Crippen molar-refractivity contribution in [3.8, 4) is 11.5 Å². The number of ether oxygens (including phenoxy) is 2. The zero-order chi connectivity index (χ0) is 22.1. The second-order valence-electron chi connectivity index (χ2n) is 6.66. The molecule has 3 rings (SSSR count). The summed E-state index contributed by atoms with van der Waals surface area (Å²) < 4.78 is 25.2. The Balaban J connectivity index is 1.62. The van der Waals surface area contributed by atoms with E-state index in [9.17, 15) is 9.18 Å². The number of hydrazone groups is 1. The molecular formula is C24H24FN3O3. The van der Waals surface area contributed by atoms with Gasteiger partial charge in [-0.2, -0.15) is 5.10 Å². The van der Waals surface area contributed by atoms with Crippen molar-refractivity contribution >= 4 is 17.9 Å². The monoisotopic (exact) mass is 421 g/mol. The van der Waals surface area contributed by atoms with E-state index in [-0.39, 0.29) is 12.4 Å². The van der Waals surface area contributed by atoms with Gasteiger partial charge in [0.2, 0.25) is 0 Å². The van der Waals surface area contributed by atoms with Crippen LogP contribution in [0.4, 0.5) is 14.9 Å². The Morgan fingerprint density at radius 1 is 1.03 bits per heavy atom. The van der Waals surface area contributed by atoms with Crippen molar-refractivity contribution in [2.45, 2.75) is 20.5 Å². The number of carbonyl (C=O) groups excluding carboxylic acids is 1. The minimum Gasteiger partial charge on any atom is -0.490 e. The Hall–Kier alpha value is -3.87. The van der Waals surface area contributed by atoms with Gasteiger partial charge in [-0.05, 0) is 55.3 Å². The second-order valence-corrected chi connectivity index (χ2v) is 6.66. The summed E-state index contributed by atoms with van der Waals surface area (Å²) in [6.07, 6.45) is 1.50. The van der Waals surface area contributed by atoms with Gasteiger partial charge in [-0.15, -0.1) is 0 Å². The van der Waals surface area contributed by atoms with Gasteiger partial charge in [0.05, 0.1) is 12.8 Å². The number of nitrogens with one attached hydrogen (secondary N) is 2. The lowest BCUT2D eigenvalue weighted by Gasteiger charge is -2.13. The number of aryl methyl sites for hydroxylation is 1. The molecule has 6 nitrogen and oxygen atoms in total. The van der Waals surface area contributed by atoms with Crippen LogP contribution in [0.15, 0.2) is 71.8 Å². The van der Waals surface area contributed by atoms with Crippen molar-refractivity contribution in [1.29, 1.82) is 0 Å². The van der Waals surface area contributed by atoms with E-state index in [0.29, 0.717) is 34.9 Å². The lowest BCUT2D eigenvalue weighted by atomic mass is 10.2. The molecule has 0 unspecified atom stereocenters. The molecule has 0 aliphatic heterocycles. The van der Waals surface area contributed by atoms with Crippen molar-refractivity contribution in [2.24, 2.45) is 5.10 Å². The van der Waals surface area contributed by atoms with Crippen molar-refractivity contribution < 1.29 is 18.7 Å². The van der Waals surface area contributed by atoms with E-state index >= 15 is 0 Å². The second kappa shape index (κ2) is 10.8. The molecule has 3 aromatic rings. The van der Waals surface area contributed by atoms with Gasteiger partial charge < -0.3 is 14.8 Å². The standard InChI is InChI=1S/C24H24FN3O3/c1-3-30-23-14-18(12-13-22(23)31-16-19-9-5-6-10-20(19)25)15-26-28-24(29)27-21-11-7-4-8-17(21)2/h4-15H,3,16H2,1-2H3,(H2,27,28,29). The van der Waals surface area contributed by atoms with Crippen LogP contribution in [-0.4, -0.2) is 18.9 Å². The molecule has 2 amide bonds. The van der Waals surface area contributed by atoms with Crippen LogP contribution in [0.2, 0.25) is 0 Å². The average Bonchev–Trinajstić information content (AvgIpc) is 2.76. The minimum absolute atomic E-state index is 0.0841. The minimum atomic E-state index is -0.444. The molecule has 3 aromatic carbocycles. The molecule has 0 spiro atoms. The number of nitrogens with zero attached hydrogens (tertiary/aromatic N) is 1. The summed E-state index contributed by atoms with van der Waals surface area (Å²) in [5, 5.41) is 6.71. The molecule has 0 heterocycles. The predicted molar refractivity (Wildman–Crippen MR) is 119 cm³/mol. The molecule has 160 valence electrons. The van der Waals surface area contributed by atoms with Crippen molar-refractivity contribution in [3.05, 3.63) is 89.2 Å². The number of urea groups is 1. The fourth-order valence-electron chi connectivity index (χ4n) is 2.79. The normalized spacial score (nSPS) is 10.7. The highest BCUT2D eigenvalue weighted by atomic mass is 19.1. The largest absolute Gasteiger partial charge is 0.490 e. The van der Waals surface area contributed by atoms with E-state index in [0.717, 1.165) is 5.56 Å². The summed E-state index contributed by atoms with van der Waals surface area (Å²) in [4.78, 5) is 12.0. The summed E-state index contributed by atoms with van der Waals surface area (Å²) in [6, 6.07) is 18.7. The van der Waals surface area contributed by atoms with Crippen LogP contribution < -0.4 is 20.2 Å². The summed E-state index contributed by atoms with van der Waals surface area (Å²) in [7, 11) is 0. The summed E-state index contributed by atoms with van der Waals surface area (Å²) >= 11 is 0. The van der Waals surface area contributed by atoms with E-state index in [1.165, 1.54) is 12.3 Å². The van der Waals surface area contributed by atoms with Gasteiger partial charge in [0.1, 0.15) is 12.4 Å². The van der Waals surface area contributed by atoms with Gasteiger partial charge in [-0.25, -0.2) is 14.6 Å². The number of carbonyl (C=O) groups is 1. The Morgan fingerprint density at radius 3 is 2.58 bits per heavy atom. The van der Waals surface area contributed by atoms with Gasteiger partial charge in [-0.1, -0.05) is 36.4 Å². The SMILES string of the molecule is CCOc1cc(C=NNC(=O)Nc2ccccc2C)ccc1OCc1ccccc1F. The van der Waals surface area contributed by atoms with E-state index in [2.05, 4.69) is 15.8 Å². The molecule has 0 saturated carbocycles. The molecule has 0 aliphatic carbocycles. The molecule has 0 atom stereocenters. The summed E-state index contributed by atoms with van der Waals surface area (Å²) in [5.41, 5.74) is 5.26. The molecule has 0 bridgehead atoms. The lowest BCUT2D eigenvalue weighted by molar-refractivity contribution is 0.252. The first-order chi connectivity index (χ1) is 15.1. The first-order valence-corrected chi connectivity index (χ1v) is 9.85. The zero-order valence-corrected chi connectivity index (χ0v) is 17.4. The van der Waals surface area contributed by atoms with E-state index in [4.69, 9.17) is 9.47 Å². The van der Waals surface area contributed by atoms with Crippen molar-refractivity contribution in [1.82, 2.24) is 5.43 Å². The van der Waals surface area contributed by atoms with E-state index in [1.807, 2.05) is 38.1 Å². The summed E-state index contributed by atoms with van der Waals surface area (Å²) in [5.74, 6) is 0.680. The number of para-hydroxylation sites is 1.